The zero-order chi connectivity index (χ0) is 30.4. The van der Waals surface area contributed by atoms with Gasteiger partial charge in [-0.1, -0.05) is 44.9 Å². The van der Waals surface area contributed by atoms with Crippen molar-refractivity contribution in [3.05, 3.63) is 36.0 Å². The lowest BCUT2D eigenvalue weighted by atomic mass is 9.98. The summed E-state index contributed by atoms with van der Waals surface area (Å²) < 4.78 is 0. The molecule has 0 aliphatic heterocycles. The number of nitrogens with two attached hydrogens (primary N) is 3. The number of unbranched alkanes of at least 4 members (excludes halogenated alkanes) is 2. The molecule has 1 aromatic heterocycles. The van der Waals surface area contributed by atoms with E-state index in [4.69, 9.17) is 17.2 Å². The van der Waals surface area contributed by atoms with Gasteiger partial charge >= 0.3 is 5.97 Å². The number of carboxylic acid groups (broad SMARTS) is 1. The van der Waals surface area contributed by atoms with Gasteiger partial charge in [-0.25, -0.2) is 4.79 Å². The molecule has 5 unspecified atom stereocenters. The first-order chi connectivity index (χ1) is 19.6. The molecule has 0 bridgehead atoms. The number of hydrogen-bond acceptors (Lipinski definition) is 7. The average Bonchev–Trinajstić information content (AvgIpc) is 3.36. The fourth-order valence-corrected chi connectivity index (χ4v) is 4.62. The van der Waals surface area contributed by atoms with Crippen LogP contribution in [0.3, 0.4) is 0 Å². The first kappa shape index (κ1) is 33.7. The number of aromatic amines is 1. The highest BCUT2D eigenvalue weighted by Gasteiger charge is 2.32. The van der Waals surface area contributed by atoms with Crippen molar-refractivity contribution in [3.8, 4) is 0 Å². The Labute approximate surface area is 241 Å². The number of benzene rings is 1. The first-order valence-electron chi connectivity index (χ1n) is 14.5. The van der Waals surface area contributed by atoms with Crippen molar-refractivity contribution in [2.45, 2.75) is 89.4 Å². The van der Waals surface area contributed by atoms with Gasteiger partial charge in [-0.2, -0.15) is 0 Å². The molecule has 12 nitrogen and oxygen atoms in total. The normalized spacial score (nSPS) is 15.0. The molecule has 0 saturated carbocycles. The number of H-pyrrole nitrogens is 1. The van der Waals surface area contributed by atoms with Gasteiger partial charge in [-0.15, -0.1) is 0 Å². The predicted octanol–water partition coefficient (Wildman–Crippen LogP) is 0.881. The van der Waals surface area contributed by atoms with E-state index in [1.807, 2.05) is 31.2 Å². The lowest BCUT2D eigenvalue weighted by Crippen LogP contribution is -2.58. The smallest absolute Gasteiger partial charge is 0.326 e. The molecule has 11 N–H and O–H groups in total. The Bertz CT molecular complexity index is 1140. The zero-order valence-corrected chi connectivity index (χ0v) is 24.2. The Hall–Kier alpha value is -3.48. The van der Waals surface area contributed by atoms with Crippen LogP contribution >= 0.6 is 0 Å². The Kier molecular flexibility index (Phi) is 14.3. The quantitative estimate of drug-likeness (QED) is 0.112. The van der Waals surface area contributed by atoms with E-state index < -0.39 is 47.9 Å². The van der Waals surface area contributed by atoms with E-state index >= 15 is 0 Å². The lowest BCUT2D eigenvalue weighted by molar-refractivity contribution is -0.144. The fourth-order valence-electron chi connectivity index (χ4n) is 4.62. The molecule has 2 rings (SSSR count). The van der Waals surface area contributed by atoms with E-state index in [1.54, 1.807) is 13.1 Å². The molecule has 1 aromatic carbocycles. The Morgan fingerprint density at radius 2 is 1.49 bits per heavy atom. The number of hydrogen-bond donors (Lipinski definition) is 8. The molecule has 2 aromatic rings. The second-order valence-electron chi connectivity index (χ2n) is 10.6. The van der Waals surface area contributed by atoms with Crippen LogP contribution < -0.4 is 33.2 Å². The number of aromatic nitrogens is 1. The number of para-hydroxylation sites is 1. The second kappa shape index (κ2) is 17.4. The minimum atomic E-state index is -1.15. The van der Waals surface area contributed by atoms with Crippen LogP contribution in [0.25, 0.3) is 10.9 Å². The maximum absolute atomic E-state index is 13.7. The molecule has 41 heavy (non-hydrogen) atoms. The van der Waals surface area contributed by atoms with Crippen molar-refractivity contribution in [1.82, 2.24) is 20.9 Å². The topological polar surface area (TPSA) is 218 Å². The van der Waals surface area contributed by atoms with Gasteiger partial charge in [0.15, 0.2) is 0 Å². The van der Waals surface area contributed by atoms with Crippen LogP contribution in [0.2, 0.25) is 0 Å². The van der Waals surface area contributed by atoms with Gasteiger partial charge < -0.3 is 43.2 Å². The molecule has 1 heterocycles. The SMILES string of the molecule is CCC(C)C(NC(=O)C(CCCCN)NC(=O)C(Cc1c[nH]c2ccccc12)NC(=O)C(N)CCCCN)C(=O)O. The van der Waals surface area contributed by atoms with Crippen LogP contribution in [0.5, 0.6) is 0 Å². The number of carbonyl (C=O) groups excluding carboxylic acids is 3. The van der Waals surface area contributed by atoms with E-state index in [-0.39, 0.29) is 18.8 Å². The van der Waals surface area contributed by atoms with Crippen LogP contribution in [0.1, 0.15) is 64.4 Å². The minimum Gasteiger partial charge on any atom is -0.480 e. The summed E-state index contributed by atoms with van der Waals surface area (Å²) >= 11 is 0. The summed E-state index contributed by atoms with van der Waals surface area (Å²) in [6.45, 7) is 4.48. The first-order valence-corrected chi connectivity index (χ1v) is 14.5. The number of carboxylic acids is 1. The van der Waals surface area contributed by atoms with Crippen molar-refractivity contribution in [2.75, 3.05) is 13.1 Å². The van der Waals surface area contributed by atoms with E-state index in [0.717, 1.165) is 22.9 Å². The highest BCUT2D eigenvalue weighted by molar-refractivity contribution is 5.95. The number of fused-ring (bicyclic) bond motifs is 1. The van der Waals surface area contributed by atoms with Crippen molar-refractivity contribution < 1.29 is 24.3 Å². The van der Waals surface area contributed by atoms with Crippen molar-refractivity contribution in [1.29, 1.82) is 0 Å². The van der Waals surface area contributed by atoms with Gasteiger partial charge in [0, 0.05) is 23.5 Å². The maximum Gasteiger partial charge on any atom is 0.326 e. The predicted molar refractivity (Wildman–Crippen MR) is 159 cm³/mol. The average molecular weight is 574 g/mol. The van der Waals surface area contributed by atoms with E-state index in [0.29, 0.717) is 45.2 Å². The fraction of sp³-hybridized carbons (Fsp3) is 0.586. The minimum absolute atomic E-state index is 0.152. The third kappa shape index (κ3) is 10.5. The van der Waals surface area contributed by atoms with Gasteiger partial charge in [0.2, 0.25) is 17.7 Å². The van der Waals surface area contributed by atoms with Crippen molar-refractivity contribution >= 4 is 34.6 Å². The standard InChI is InChI=1S/C29H47N7O5/c1-3-18(2)25(29(40)41)36-27(38)23(13-7-9-15-31)34-28(39)24(35-26(37)21(32)11-6-8-14-30)16-19-17-33-22-12-5-4-10-20(19)22/h4-5,10,12,17-18,21,23-25,33H,3,6-9,11,13-16,30-32H2,1-2H3,(H,34,39)(H,35,37)(H,36,38)(H,40,41). The maximum atomic E-state index is 13.7. The molecule has 0 radical (unpaired) electrons. The summed E-state index contributed by atoms with van der Waals surface area (Å²) in [6.07, 6.45) is 5.73. The lowest BCUT2D eigenvalue weighted by Gasteiger charge is -2.26. The highest BCUT2D eigenvalue weighted by Crippen LogP contribution is 2.19. The number of amides is 3. The van der Waals surface area contributed by atoms with E-state index in [2.05, 4.69) is 20.9 Å². The molecule has 0 aliphatic rings. The van der Waals surface area contributed by atoms with E-state index in [9.17, 15) is 24.3 Å². The number of rotatable bonds is 19. The molecular weight excluding hydrogens is 526 g/mol. The van der Waals surface area contributed by atoms with Crippen molar-refractivity contribution in [3.63, 3.8) is 0 Å². The molecular formula is C29H47N7O5. The number of nitrogens with one attached hydrogen (secondary N) is 4. The molecule has 228 valence electrons. The largest absolute Gasteiger partial charge is 0.480 e. The second-order valence-corrected chi connectivity index (χ2v) is 10.6. The monoisotopic (exact) mass is 573 g/mol. The van der Waals surface area contributed by atoms with Crippen LogP contribution in [0, 0.1) is 5.92 Å². The molecule has 12 heteroatoms. The Morgan fingerprint density at radius 3 is 2.12 bits per heavy atom. The van der Waals surface area contributed by atoms with Gasteiger partial charge in [0.05, 0.1) is 6.04 Å². The molecule has 3 amide bonds. The summed E-state index contributed by atoms with van der Waals surface area (Å²) in [5.41, 5.74) is 19.0. The van der Waals surface area contributed by atoms with Crippen LogP contribution in [0.15, 0.2) is 30.5 Å². The summed E-state index contributed by atoms with van der Waals surface area (Å²) in [5.74, 6) is -3.10. The Morgan fingerprint density at radius 1 is 0.878 bits per heavy atom. The third-order valence-corrected chi connectivity index (χ3v) is 7.39. The molecule has 5 atom stereocenters. The molecule has 0 spiro atoms. The van der Waals surface area contributed by atoms with Gasteiger partial charge in [0.25, 0.3) is 0 Å². The number of aliphatic carboxylic acids is 1. The van der Waals surface area contributed by atoms with Crippen molar-refractivity contribution in [2.24, 2.45) is 23.1 Å². The molecule has 0 aliphatic carbocycles. The summed E-state index contributed by atoms with van der Waals surface area (Å²) in [5, 5.41) is 18.7. The summed E-state index contributed by atoms with van der Waals surface area (Å²) in [4.78, 5) is 54.9. The Balaban J connectivity index is 2.29. The highest BCUT2D eigenvalue weighted by atomic mass is 16.4. The third-order valence-electron chi connectivity index (χ3n) is 7.39. The van der Waals surface area contributed by atoms with Crippen LogP contribution in [-0.4, -0.2) is 71.0 Å². The molecule has 0 fully saturated rings. The van der Waals surface area contributed by atoms with E-state index in [1.165, 1.54) is 0 Å². The van der Waals surface area contributed by atoms with Gasteiger partial charge in [0.1, 0.15) is 18.1 Å². The van der Waals surface area contributed by atoms with Gasteiger partial charge in [-0.05, 0) is 62.7 Å². The van der Waals surface area contributed by atoms with Gasteiger partial charge in [-0.3, -0.25) is 14.4 Å². The molecule has 0 saturated heterocycles. The summed E-state index contributed by atoms with van der Waals surface area (Å²) in [6, 6.07) is 3.63. The van der Waals surface area contributed by atoms with Crippen LogP contribution in [-0.2, 0) is 25.6 Å². The summed E-state index contributed by atoms with van der Waals surface area (Å²) in [7, 11) is 0. The number of carbonyl (C=O) groups is 4. The zero-order valence-electron chi connectivity index (χ0n) is 24.2. The van der Waals surface area contributed by atoms with Crippen LogP contribution in [0.4, 0.5) is 0 Å².